The minimum atomic E-state index is -4.27. The average molecular weight is 214 g/mol. The molecule has 2 N–H and O–H groups in total. The fourth-order valence-electron chi connectivity index (χ4n) is 0.875. The zero-order valence-corrected chi connectivity index (χ0v) is 8.13. The van der Waals surface area contributed by atoms with E-state index >= 15 is 0 Å². The number of hydrogen-bond acceptors (Lipinski definition) is 3. The Bertz CT molecular complexity index is 452. The third kappa shape index (κ3) is 2.82. The summed E-state index contributed by atoms with van der Waals surface area (Å²) in [7, 11) is -4.27. The third-order valence-corrected chi connectivity index (χ3v) is 2.16. The van der Waals surface area contributed by atoms with E-state index in [0.29, 0.717) is 5.69 Å². The Balaban J connectivity index is 3.08. The molecule has 0 heterocycles. The molecule has 0 atom stereocenters. The van der Waals surface area contributed by atoms with E-state index in [0.717, 1.165) is 6.07 Å². The molecule has 0 unspecified atom stereocenters. The van der Waals surface area contributed by atoms with Crippen molar-refractivity contribution < 1.29 is 17.8 Å². The summed E-state index contributed by atoms with van der Waals surface area (Å²) in [6.45, 7) is 1.30. The van der Waals surface area contributed by atoms with Crippen LogP contribution in [0.4, 0.5) is 5.69 Å². The van der Waals surface area contributed by atoms with E-state index in [9.17, 15) is 13.2 Å². The number of benzene rings is 1. The molecule has 0 aliphatic carbocycles. The van der Waals surface area contributed by atoms with Crippen molar-refractivity contribution in [3.8, 4) is 0 Å². The lowest BCUT2D eigenvalue weighted by Crippen LogP contribution is -2.07. The van der Waals surface area contributed by atoms with E-state index in [1.165, 1.54) is 19.1 Å². The van der Waals surface area contributed by atoms with E-state index in [2.05, 4.69) is 11.4 Å². The summed E-state index contributed by atoms with van der Waals surface area (Å²) in [5.41, 5.74) is 0.295. The molecule has 75 valence electrons. The number of carbonyl (C=O) groups is 1. The maximum atomic E-state index is 10.7. The number of hydrogen-bond donors (Lipinski definition) is 2. The van der Waals surface area contributed by atoms with Crippen LogP contribution in [-0.2, 0) is 14.9 Å². The normalized spacial score (nSPS) is 11.0. The van der Waals surface area contributed by atoms with E-state index < -0.39 is 10.1 Å². The van der Waals surface area contributed by atoms with Crippen LogP contribution in [0.15, 0.2) is 23.1 Å². The second-order valence-electron chi connectivity index (χ2n) is 2.60. The minimum Gasteiger partial charge on any atom is -0.326 e. The van der Waals surface area contributed by atoms with Gasteiger partial charge in [-0.2, -0.15) is 8.42 Å². The number of amides is 1. The first kappa shape index (κ1) is 10.7. The Hall–Kier alpha value is -1.40. The van der Waals surface area contributed by atoms with Gasteiger partial charge in [0.25, 0.3) is 10.1 Å². The van der Waals surface area contributed by atoms with Crippen LogP contribution in [0.5, 0.6) is 0 Å². The van der Waals surface area contributed by atoms with E-state index in [-0.39, 0.29) is 10.8 Å². The average Bonchev–Trinajstić information content (AvgIpc) is 2.01. The van der Waals surface area contributed by atoms with Crippen LogP contribution in [0, 0.1) is 6.07 Å². The predicted molar refractivity (Wildman–Crippen MR) is 49.4 cm³/mol. The van der Waals surface area contributed by atoms with Gasteiger partial charge in [0.15, 0.2) is 0 Å². The Morgan fingerprint density at radius 1 is 1.57 bits per heavy atom. The molecule has 0 saturated heterocycles. The molecule has 0 aliphatic heterocycles. The van der Waals surface area contributed by atoms with Crippen LogP contribution in [0.2, 0.25) is 0 Å². The molecule has 0 aliphatic rings. The maximum absolute atomic E-state index is 10.7. The molecule has 6 heteroatoms. The number of rotatable bonds is 2. The minimum absolute atomic E-state index is 0.295. The van der Waals surface area contributed by atoms with Gasteiger partial charge in [-0.25, -0.2) is 0 Å². The lowest BCUT2D eigenvalue weighted by molar-refractivity contribution is -0.114. The fourth-order valence-corrected chi connectivity index (χ4v) is 1.37. The van der Waals surface area contributed by atoms with Crippen LogP contribution in [0.25, 0.3) is 0 Å². The van der Waals surface area contributed by atoms with Crippen LogP contribution >= 0.6 is 0 Å². The molecule has 0 fully saturated rings. The topological polar surface area (TPSA) is 83.5 Å². The van der Waals surface area contributed by atoms with Gasteiger partial charge in [0.1, 0.15) is 4.90 Å². The molecule has 1 amide bonds. The Morgan fingerprint density at radius 3 is 2.71 bits per heavy atom. The molecule has 0 saturated carbocycles. The summed E-state index contributed by atoms with van der Waals surface area (Å²) in [6, 6.07) is 6.22. The van der Waals surface area contributed by atoms with Crippen LogP contribution in [-0.4, -0.2) is 18.9 Å². The lowest BCUT2D eigenvalue weighted by atomic mass is 10.3. The standard InChI is InChI=1S/C8H8NO4S/c1-6(10)9-7-3-2-4-8(5-7)14(11,12)13/h2-3,5H,1H3,(H,9,10)(H,11,12,13). The lowest BCUT2D eigenvalue weighted by Gasteiger charge is -2.02. The molecule has 5 nitrogen and oxygen atoms in total. The molecule has 14 heavy (non-hydrogen) atoms. The van der Waals surface area contributed by atoms with Crippen LogP contribution in [0.3, 0.4) is 0 Å². The van der Waals surface area contributed by atoms with Gasteiger partial charge < -0.3 is 5.32 Å². The van der Waals surface area contributed by atoms with Gasteiger partial charge >= 0.3 is 0 Å². The highest BCUT2D eigenvalue weighted by molar-refractivity contribution is 7.85. The Labute approximate surface area is 81.5 Å². The number of nitrogens with one attached hydrogen (secondary N) is 1. The summed E-state index contributed by atoms with van der Waals surface area (Å²) < 4.78 is 30.0. The molecular formula is C8H8NO4S. The maximum Gasteiger partial charge on any atom is 0.295 e. The van der Waals surface area contributed by atoms with Crippen molar-refractivity contribution in [1.29, 1.82) is 0 Å². The molecule has 0 bridgehead atoms. The second-order valence-corrected chi connectivity index (χ2v) is 3.99. The van der Waals surface area contributed by atoms with E-state index in [1.54, 1.807) is 0 Å². The zero-order valence-electron chi connectivity index (χ0n) is 7.31. The smallest absolute Gasteiger partial charge is 0.295 e. The fraction of sp³-hybridized carbons (Fsp3) is 0.125. The van der Waals surface area contributed by atoms with Crippen LogP contribution < -0.4 is 5.32 Å². The van der Waals surface area contributed by atoms with Gasteiger partial charge in [-0.15, -0.1) is 0 Å². The van der Waals surface area contributed by atoms with Gasteiger partial charge in [0.2, 0.25) is 5.91 Å². The molecule has 1 aromatic rings. The molecule has 0 aromatic heterocycles. The van der Waals surface area contributed by atoms with Crippen molar-refractivity contribution >= 4 is 21.7 Å². The highest BCUT2D eigenvalue weighted by atomic mass is 32.2. The van der Waals surface area contributed by atoms with Crippen molar-refractivity contribution in [2.45, 2.75) is 11.8 Å². The third-order valence-electron chi connectivity index (χ3n) is 1.37. The van der Waals surface area contributed by atoms with Gasteiger partial charge in [0.05, 0.1) is 0 Å². The summed E-state index contributed by atoms with van der Waals surface area (Å²) in [5, 5.41) is 2.38. The highest BCUT2D eigenvalue weighted by Gasteiger charge is 2.09. The largest absolute Gasteiger partial charge is 0.326 e. The Kier molecular flexibility index (Phi) is 2.87. The van der Waals surface area contributed by atoms with Gasteiger partial charge in [-0.1, -0.05) is 6.07 Å². The highest BCUT2D eigenvalue weighted by Crippen LogP contribution is 2.14. The van der Waals surface area contributed by atoms with Gasteiger partial charge in [-0.3, -0.25) is 9.35 Å². The van der Waals surface area contributed by atoms with Crippen molar-refractivity contribution in [1.82, 2.24) is 0 Å². The molecular weight excluding hydrogens is 206 g/mol. The van der Waals surface area contributed by atoms with Gasteiger partial charge in [0, 0.05) is 18.7 Å². The van der Waals surface area contributed by atoms with Crippen LogP contribution in [0.1, 0.15) is 6.92 Å². The molecule has 0 spiro atoms. The van der Waals surface area contributed by atoms with E-state index in [1.807, 2.05) is 0 Å². The van der Waals surface area contributed by atoms with Crippen molar-refractivity contribution in [2.24, 2.45) is 0 Å². The first-order valence-corrected chi connectivity index (χ1v) is 5.10. The van der Waals surface area contributed by atoms with Crippen molar-refractivity contribution in [3.05, 3.63) is 24.3 Å². The summed E-state index contributed by atoms with van der Waals surface area (Å²) in [4.78, 5) is 10.3. The monoisotopic (exact) mass is 214 g/mol. The van der Waals surface area contributed by atoms with Crippen molar-refractivity contribution in [3.63, 3.8) is 0 Å². The first-order chi connectivity index (χ1) is 6.39. The molecule has 1 radical (unpaired) electrons. The second kappa shape index (κ2) is 3.77. The molecule has 1 rings (SSSR count). The first-order valence-electron chi connectivity index (χ1n) is 3.66. The summed E-state index contributed by atoms with van der Waals surface area (Å²) >= 11 is 0. The van der Waals surface area contributed by atoms with E-state index in [4.69, 9.17) is 4.55 Å². The SMILES string of the molecule is CC(=O)Nc1cc[c]c(S(=O)(=O)O)c1. The number of anilines is 1. The quantitative estimate of drug-likeness (QED) is 0.709. The molecule has 1 aromatic carbocycles. The Morgan fingerprint density at radius 2 is 2.21 bits per heavy atom. The summed E-state index contributed by atoms with van der Waals surface area (Å²) in [6.07, 6.45) is 0. The number of carbonyl (C=O) groups excluding carboxylic acids is 1. The zero-order chi connectivity index (χ0) is 10.8. The van der Waals surface area contributed by atoms with Gasteiger partial charge in [-0.05, 0) is 12.1 Å². The predicted octanol–water partition coefficient (Wildman–Crippen LogP) is 0.692. The van der Waals surface area contributed by atoms with Crippen molar-refractivity contribution in [2.75, 3.05) is 5.32 Å². The summed E-state index contributed by atoms with van der Waals surface area (Å²) in [5.74, 6) is -0.322.